The zero-order chi connectivity index (χ0) is 8.65. The van der Waals surface area contributed by atoms with Gasteiger partial charge in [-0.15, -0.1) is 0 Å². The van der Waals surface area contributed by atoms with Crippen molar-refractivity contribution < 1.29 is 14.7 Å². The molecule has 5 nitrogen and oxygen atoms in total. The van der Waals surface area contributed by atoms with E-state index in [1.54, 1.807) is 13.8 Å². The van der Waals surface area contributed by atoms with Crippen LogP contribution in [0.3, 0.4) is 0 Å². The summed E-state index contributed by atoms with van der Waals surface area (Å²) in [4.78, 5) is 21.6. The van der Waals surface area contributed by atoms with Crippen molar-refractivity contribution in [3.8, 4) is 0 Å². The summed E-state index contributed by atoms with van der Waals surface area (Å²) in [5.74, 6) is -0.464. The summed E-state index contributed by atoms with van der Waals surface area (Å²) in [7, 11) is 0. The van der Waals surface area contributed by atoms with E-state index in [9.17, 15) is 14.7 Å². The molecule has 1 rings (SSSR count). The average Bonchev–Trinajstić information content (AvgIpc) is 1.84. The number of aliphatic hydroxyl groups excluding tert-OH is 1. The summed E-state index contributed by atoms with van der Waals surface area (Å²) in [6, 6.07) is -0.651. The van der Waals surface area contributed by atoms with Crippen LogP contribution in [0.4, 0.5) is 4.79 Å². The van der Waals surface area contributed by atoms with Gasteiger partial charge in [-0.25, -0.2) is 4.79 Å². The van der Waals surface area contributed by atoms with Crippen LogP contribution >= 0.6 is 0 Å². The van der Waals surface area contributed by atoms with Crippen LogP contribution in [0, 0.1) is 5.41 Å². The Labute approximate surface area is 63.8 Å². The average molecular weight is 158 g/mol. The maximum atomic E-state index is 11.0. The summed E-state index contributed by atoms with van der Waals surface area (Å²) in [6.07, 6.45) is -1.11. The molecule has 1 heterocycles. The van der Waals surface area contributed by atoms with Crippen LogP contribution in [-0.4, -0.2) is 23.3 Å². The summed E-state index contributed by atoms with van der Waals surface area (Å²) < 4.78 is 0. The molecule has 1 saturated heterocycles. The first kappa shape index (κ1) is 8.00. The van der Waals surface area contributed by atoms with E-state index in [1.165, 1.54) is 0 Å². The third-order valence-corrected chi connectivity index (χ3v) is 1.76. The van der Waals surface area contributed by atoms with Crippen LogP contribution in [0.5, 0.6) is 0 Å². The molecule has 5 heteroatoms. The van der Waals surface area contributed by atoms with E-state index < -0.39 is 23.6 Å². The first-order valence-electron chi connectivity index (χ1n) is 3.24. The van der Waals surface area contributed by atoms with Crippen molar-refractivity contribution in [2.75, 3.05) is 0 Å². The Kier molecular flexibility index (Phi) is 1.60. The normalized spacial score (nSPS) is 29.2. The minimum atomic E-state index is -1.11. The molecule has 3 amide bonds. The minimum absolute atomic E-state index is 0.464. The fourth-order valence-electron chi connectivity index (χ4n) is 0.729. The highest BCUT2D eigenvalue weighted by molar-refractivity contribution is 5.99. The molecule has 0 aromatic rings. The van der Waals surface area contributed by atoms with Crippen LogP contribution in [-0.2, 0) is 4.79 Å². The topological polar surface area (TPSA) is 78.4 Å². The van der Waals surface area contributed by atoms with Crippen LogP contribution in [0.2, 0.25) is 0 Å². The lowest BCUT2D eigenvalue weighted by atomic mass is 9.89. The molecule has 1 aliphatic heterocycles. The van der Waals surface area contributed by atoms with Crippen LogP contribution in [0.15, 0.2) is 0 Å². The lowest BCUT2D eigenvalue weighted by molar-refractivity contribution is -0.137. The predicted octanol–water partition coefficient (Wildman–Crippen LogP) is -0.830. The second-order valence-electron chi connectivity index (χ2n) is 3.05. The van der Waals surface area contributed by atoms with Crippen molar-refractivity contribution in [3.63, 3.8) is 0 Å². The first-order valence-corrected chi connectivity index (χ1v) is 3.24. The standard InChI is InChI=1S/C6H10N2O3/c1-6(2)3(9)7-5(11)8-4(6)10/h3,9H,1-2H3,(H2,7,8,10,11). The second-order valence-corrected chi connectivity index (χ2v) is 3.05. The summed E-state index contributed by atoms with van der Waals surface area (Å²) in [5, 5.41) is 13.4. The van der Waals surface area contributed by atoms with Gasteiger partial charge in [0, 0.05) is 0 Å². The van der Waals surface area contributed by atoms with Gasteiger partial charge in [0.15, 0.2) is 0 Å². The molecule has 1 unspecified atom stereocenters. The fourth-order valence-corrected chi connectivity index (χ4v) is 0.729. The van der Waals surface area contributed by atoms with Gasteiger partial charge in [0.25, 0.3) is 0 Å². The molecule has 11 heavy (non-hydrogen) atoms. The molecule has 0 radical (unpaired) electrons. The molecular weight excluding hydrogens is 148 g/mol. The maximum Gasteiger partial charge on any atom is 0.323 e. The van der Waals surface area contributed by atoms with E-state index in [-0.39, 0.29) is 0 Å². The number of carbonyl (C=O) groups is 2. The van der Waals surface area contributed by atoms with Gasteiger partial charge in [0.2, 0.25) is 5.91 Å². The van der Waals surface area contributed by atoms with Gasteiger partial charge >= 0.3 is 6.03 Å². The Morgan fingerprint density at radius 2 is 2.00 bits per heavy atom. The quantitative estimate of drug-likeness (QED) is 0.430. The van der Waals surface area contributed by atoms with Gasteiger partial charge in [-0.3, -0.25) is 10.1 Å². The Hall–Kier alpha value is -1.10. The zero-order valence-corrected chi connectivity index (χ0v) is 6.34. The number of carbonyl (C=O) groups excluding carboxylic acids is 2. The van der Waals surface area contributed by atoms with Gasteiger partial charge < -0.3 is 10.4 Å². The van der Waals surface area contributed by atoms with E-state index in [1.807, 2.05) is 0 Å². The molecule has 3 N–H and O–H groups in total. The largest absolute Gasteiger partial charge is 0.373 e. The SMILES string of the molecule is CC1(C)C(=O)NC(=O)NC1O. The lowest BCUT2D eigenvalue weighted by Gasteiger charge is -2.33. The predicted molar refractivity (Wildman–Crippen MR) is 36.5 cm³/mol. The molecule has 62 valence electrons. The monoisotopic (exact) mass is 158 g/mol. The highest BCUT2D eigenvalue weighted by Gasteiger charge is 2.41. The number of nitrogens with one attached hydrogen (secondary N) is 2. The lowest BCUT2D eigenvalue weighted by Crippen LogP contribution is -2.62. The molecule has 0 aromatic carbocycles. The number of aliphatic hydroxyl groups is 1. The van der Waals surface area contributed by atoms with Crippen LogP contribution in [0.25, 0.3) is 0 Å². The highest BCUT2D eigenvalue weighted by Crippen LogP contribution is 2.21. The number of hydrogen-bond donors (Lipinski definition) is 3. The molecule has 0 aliphatic carbocycles. The van der Waals surface area contributed by atoms with E-state index in [0.29, 0.717) is 0 Å². The maximum absolute atomic E-state index is 11.0. The molecule has 0 aromatic heterocycles. The first-order chi connectivity index (χ1) is 4.94. The molecule has 1 fully saturated rings. The Morgan fingerprint density at radius 3 is 2.45 bits per heavy atom. The number of hydrogen-bond acceptors (Lipinski definition) is 3. The van der Waals surface area contributed by atoms with Gasteiger partial charge in [-0.05, 0) is 13.8 Å². The number of imide groups is 1. The fraction of sp³-hybridized carbons (Fsp3) is 0.667. The van der Waals surface area contributed by atoms with Crippen molar-refractivity contribution in [2.24, 2.45) is 5.41 Å². The van der Waals surface area contributed by atoms with Crippen molar-refractivity contribution in [1.29, 1.82) is 0 Å². The van der Waals surface area contributed by atoms with Crippen molar-refractivity contribution in [3.05, 3.63) is 0 Å². The Bertz CT molecular complexity index is 212. The zero-order valence-electron chi connectivity index (χ0n) is 6.34. The molecular formula is C6H10N2O3. The number of amides is 3. The van der Waals surface area contributed by atoms with E-state index in [4.69, 9.17) is 0 Å². The number of urea groups is 1. The minimum Gasteiger partial charge on any atom is -0.373 e. The van der Waals surface area contributed by atoms with Gasteiger partial charge in [-0.2, -0.15) is 0 Å². The van der Waals surface area contributed by atoms with E-state index >= 15 is 0 Å². The van der Waals surface area contributed by atoms with E-state index in [0.717, 1.165) is 0 Å². The Balaban J connectivity index is 2.84. The van der Waals surface area contributed by atoms with Crippen molar-refractivity contribution in [2.45, 2.75) is 20.1 Å². The van der Waals surface area contributed by atoms with Gasteiger partial charge in [-0.1, -0.05) is 0 Å². The van der Waals surface area contributed by atoms with Gasteiger partial charge in [0.1, 0.15) is 6.23 Å². The van der Waals surface area contributed by atoms with Crippen molar-refractivity contribution in [1.82, 2.24) is 10.6 Å². The summed E-state index contributed by atoms with van der Waals surface area (Å²) >= 11 is 0. The Morgan fingerprint density at radius 1 is 1.45 bits per heavy atom. The molecule has 1 aliphatic rings. The highest BCUT2D eigenvalue weighted by atomic mass is 16.3. The third-order valence-electron chi connectivity index (χ3n) is 1.76. The third kappa shape index (κ3) is 1.19. The smallest absolute Gasteiger partial charge is 0.323 e. The van der Waals surface area contributed by atoms with Gasteiger partial charge in [0.05, 0.1) is 5.41 Å². The number of rotatable bonds is 0. The van der Waals surface area contributed by atoms with Crippen LogP contribution in [0.1, 0.15) is 13.8 Å². The van der Waals surface area contributed by atoms with E-state index in [2.05, 4.69) is 10.6 Å². The molecule has 1 atom stereocenters. The summed E-state index contributed by atoms with van der Waals surface area (Å²) in [6.45, 7) is 3.10. The second kappa shape index (κ2) is 2.20. The summed E-state index contributed by atoms with van der Waals surface area (Å²) in [5.41, 5.74) is -0.950. The molecule has 0 saturated carbocycles. The van der Waals surface area contributed by atoms with Crippen LogP contribution < -0.4 is 10.6 Å². The molecule has 0 spiro atoms. The molecule has 0 bridgehead atoms. The van der Waals surface area contributed by atoms with Crippen molar-refractivity contribution >= 4 is 11.9 Å².